The van der Waals surface area contributed by atoms with Crippen LogP contribution in [-0.2, 0) is 11.3 Å². The molecule has 0 spiro atoms. The van der Waals surface area contributed by atoms with Crippen molar-refractivity contribution in [3.63, 3.8) is 0 Å². The van der Waals surface area contributed by atoms with Gasteiger partial charge < -0.3 is 15.0 Å². The van der Waals surface area contributed by atoms with Crippen LogP contribution >= 0.6 is 11.5 Å². The zero-order valence-electron chi connectivity index (χ0n) is 13.1. The summed E-state index contributed by atoms with van der Waals surface area (Å²) in [5.74, 6) is 1.55. The Kier molecular flexibility index (Phi) is 4.24. The standard InChI is InChI=1S/C15H17N5O2S/c1-8(2)13-19-15(23-20-13)16-7-12-17-10-5-4-9(14(21)22-3)6-11(10)18-12/h4-6,8H,7H2,1-3H3,(H,17,18)(H,16,19,20). The van der Waals surface area contributed by atoms with Gasteiger partial charge in [0.2, 0.25) is 5.13 Å². The van der Waals surface area contributed by atoms with Crippen molar-refractivity contribution < 1.29 is 9.53 Å². The third kappa shape index (κ3) is 3.31. The molecule has 0 aliphatic heterocycles. The van der Waals surface area contributed by atoms with Crippen molar-refractivity contribution in [1.29, 1.82) is 0 Å². The topological polar surface area (TPSA) is 92.8 Å². The van der Waals surface area contributed by atoms with Crippen LogP contribution in [0.1, 0.15) is 41.8 Å². The van der Waals surface area contributed by atoms with E-state index in [1.54, 1.807) is 18.2 Å². The van der Waals surface area contributed by atoms with Gasteiger partial charge in [0.25, 0.3) is 0 Å². The Morgan fingerprint density at radius 2 is 2.22 bits per heavy atom. The molecule has 0 aliphatic carbocycles. The predicted molar refractivity (Wildman–Crippen MR) is 88.8 cm³/mol. The number of methoxy groups -OCH3 is 1. The number of nitrogens with one attached hydrogen (secondary N) is 2. The molecule has 3 rings (SSSR count). The van der Waals surface area contributed by atoms with Gasteiger partial charge in [-0.3, -0.25) is 0 Å². The maximum atomic E-state index is 11.5. The number of carbonyl (C=O) groups excluding carboxylic acids is 1. The maximum Gasteiger partial charge on any atom is 0.337 e. The van der Waals surface area contributed by atoms with Gasteiger partial charge in [-0.1, -0.05) is 13.8 Å². The van der Waals surface area contributed by atoms with Crippen molar-refractivity contribution >= 4 is 33.7 Å². The molecule has 0 amide bonds. The SMILES string of the molecule is COC(=O)c1ccc2nc(CNc3nc(C(C)C)ns3)[nH]c2c1. The largest absolute Gasteiger partial charge is 0.465 e. The number of benzene rings is 1. The number of anilines is 1. The van der Waals surface area contributed by atoms with Crippen LogP contribution in [0, 0.1) is 0 Å². The van der Waals surface area contributed by atoms with E-state index in [1.165, 1.54) is 18.6 Å². The Morgan fingerprint density at radius 3 is 2.91 bits per heavy atom. The fourth-order valence-electron chi connectivity index (χ4n) is 2.09. The summed E-state index contributed by atoms with van der Waals surface area (Å²) < 4.78 is 9.02. The van der Waals surface area contributed by atoms with Gasteiger partial charge in [0.15, 0.2) is 0 Å². The first kappa shape index (κ1) is 15.4. The van der Waals surface area contributed by atoms with Crippen molar-refractivity contribution in [3.05, 3.63) is 35.4 Å². The Labute approximate surface area is 137 Å². The van der Waals surface area contributed by atoms with Gasteiger partial charge in [-0.15, -0.1) is 0 Å². The molecule has 0 aliphatic rings. The molecule has 2 heterocycles. The zero-order valence-corrected chi connectivity index (χ0v) is 13.9. The summed E-state index contributed by atoms with van der Waals surface area (Å²) >= 11 is 1.34. The highest BCUT2D eigenvalue weighted by molar-refractivity contribution is 7.09. The number of rotatable bonds is 5. The number of hydrogen-bond donors (Lipinski definition) is 2. The van der Waals surface area contributed by atoms with Crippen LogP contribution in [0.3, 0.4) is 0 Å². The van der Waals surface area contributed by atoms with E-state index in [9.17, 15) is 4.79 Å². The van der Waals surface area contributed by atoms with Gasteiger partial charge in [0.1, 0.15) is 11.6 Å². The molecule has 0 saturated heterocycles. The lowest BCUT2D eigenvalue weighted by atomic mass is 10.2. The molecule has 8 heteroatoms. The normalized spacial score (nSPS) is 11.1. The highest BCUT2D eigenvalue weighted by atomic mass is 32.1. The fraction of sp³-hybridized carbons (Fsp3) is 0.333. The lowest BCUT2D eigenvalue weighted by Gasteiger charge is -1.98. The van der Waals surface area contributed by atoms with Crippen LogP contribution in [-0.4, -0.2) is 32.4 Å². The second-order valence-electron chi connectivity index (χ2n) is 5.37. The second kappa shape index (κ2) is 6.33. The first-order valence-electron chi connectivity index (χ1n) is 7.21. The number of hydrogen-bond acceptors (Lipinski definition) is 7. The number of esters is 1. The van der Waals surface area contributed by atoms with E-state index >= 15 is 0 Å². The van der Waals surface area contributed by atoms with Crippen molar-refractivity contribution in [2.75, 3.05) is 12.4 Å². The van der Waals surface area contributed by atoms with Crippen LogP contribution in [0.15, 0.2) is 18.2 Å². The van der Waals surface area contributed by atoms with Crippen molar-refractivity contribution in [2.24, 2.45) is 0 Å². The molecule has 2 aromatic heterocycles. The van der Waals surface area contributed by atoms with Crippen LogP contribution in [0.25, 0.3) is 11.0 Å². The summed E-state index contributed by atoms with van der Waals surface area (Å²) in [4.78, 5) is 23.6. The van der Waals surface area contributed by atoms with E-state index in [0.717, 1.165) is 27.8 Å². The minimum absolute atomic E-state index is 0.310. The van der Waals surface area contributed by atoms with E-state index in [1.807, 2.05) is 0 Å². The van der Waals surface area contributed by atoms with Gasteiger partial charge in [-0.2, -0.15) is 4.37 Å². The summed E-state index contributed by atoms with van der Waals surface area (Å²) in [5, 5.41) is 3.97. The number of nitrogens with zero attached hydrogens (tertiary/aromatic N) is 3. The third-order valence-electron chi connectivity index (χ3n) is 3.32. The molecule has 7 nitrogen and oxygen atoms in total. The van der Waals surface area contributed by atoms with Crippen molar-refractivity contribution in [1.82, 2.24) is 19.3 Å². The van der Waals surface area contributed by atoms with Gasteiger partial charge >= 0.3 is 5.97 Å². The monoisotopic (exact) mass is 331 g/mol. The molecular formula is C15H17N5O2S. The Hall–Kier alpha value is -2.48. The van der Waals surface area contributed by atoms with Crippen LogP contribution in [0.5, 0.6) is 0 Å². The average molecular weight is 331 g/mol. The van der Waals surface area contributed by atoms with Gasteiger partial charge in [-0.25, -0.2) is 14.8 Å². The molecular weight excluding hydrogens is 314 g/mol. The minimum atomic E-state index is -0.365. The molecule has 23 heavy (non-hydrogen) atoms. The number of aromatic nitrogens is 4. The summed E-state index contributed by atoms with van der Waals surface area (Å²) in [7, 11) is 1.36. The van der Waals surface area contributed by atoms with E-state index in [2.05, 4.69) is 38.5 Å². The van der Waals surface area contributed by atoms with E-state index in [-0.39, 0.29) is 5.97 Å². The molecule has 0 bridgehead atoms. The summed E-state index contributed by atoms with van der Waals surface area (Å²) in [5.41, 5.74) is 2.09. The Balaban J connectivity index is 1.73. The number of ether oxygens (including phenoxy) is 1. The molecule has 120 valence electrons. The Morgan fingerprint density at radius 1 is 1.39 bits per heavy atom. The molecule has 0 atom stereocenters. The smallest absolute Gasteiger partial charge is 0.337 e. The van der Waals surface area contributed by atoms with Gasteiger partial charge in [0.05, 0.1) is 30.3 Å². The van der Waals surface area contributed by atoms with Gasteiger partial charge in [0, 0.05) is 17.5 Å². The molecule has 0 fully saturated rings. The van der Waals surface area contributed by atoms with Crippen LogP contribution in [0.4, 0.5) is 5.13 Å². The average Bonchev–Trinajstić information content (AvgIpc) is 3.17. The first-order chi connectivity index (χ1) is 11.1. The molecule has 0 radical (unpaired) electrons. The van der Waals surface area contributed by atoms with Crippen LogP contribution < -0.4 is 5.32 Å². The third-order valence-corrected chi connectivity index (χ3v) is 4.00. The predicted octanol–water partition coefficient (Wildman–Crippen LogP) is 2.94. The number of fused-ring (bicyclic) bond motifs is 1. The van der Waals surface area contributed by atoms with Crippen molar-refractivity contribution in [3.8, 4) is 0 Å². The first-order valence-corrected chi connectivity index (χ1v) is 7.98. The fourth-order valence-corrected chi connectivity index (χ4v) is 2.79. The minimum Gasteiger partial charge on any atom is -0.465 e. The van der Waals surface area contributed by atoms with E-state index in [4.69, 9.17) is 4.74 Å². The summed E-state index contributed by atoms with van der Waals surface area (Å²) in [6.07, 6.45) is 0. The molecule has 2 N–H and O–H groups in total. The summed E-state index contributed by atoms with van der Waals surface area (Å²) in [6.45, 7) is 4.63. The molecule has 1 aromatic carbocycles. The number of carbonyl (C=O) groups is 1. The van der Waals surface area contributed by atoms with E-state index < -0.39 is 0 Å². The molecule has 0 unspecified atom stereocenters. The number of imidazole rings is 1. The second-order valence-corrected chi connectivity index (χ2v) is 6.12. The number of H-pyrrole nitrogens is 1. The maximum absolute atomic E-state index is 11.5. The van der Waals surface area contributed by atoms with Gasteiger partial charge in [-0.05, 0) is 18.2 Å². The lowest BCUT2D eigenvalue weighted by molar-refractivity contribution is 0.0601. The lowest BCUT2D eigenvalue weighted by Crippen LogP contribution is -2.01. The summed E-state index contributed by atoms with van der Waals surface area (Å²) in [6, 6.07) is 5.23. The quantitative estimate of drug-likeness (QED) is 0.698. The Bertz CT molecular complexity index is 839. The van der Waals surface area contributed by atoms with Crippen molar-refractivity contribution in [2.45, 2.75) is 26.3 Å². The number of aromatic amines is 1. The molecule has 0 saturated carbocycles. The zero-order chi connectivity index (χ0) is 16.4. The van der Waals surface area contributed by atoms with E-state index in [0.29, 0.717) is 18.0 Å². The molecule has 3 aromatic rings. The van der Waals surface area contributed by atoms with Crippen LogP contribution in [0.2, 0.25) is 0 Å². The highest BCUT2D eigenvalue weighted by Crippen LogP contribution is 2.19. The highest BCUT2D eigenvalue weighted by Gasteiger charge is 2.10.